The quantitative estimate of drug-likeness (QED) is 0.716. The fraction of sp³-hybridized carbons (Fsp3) is 0.714. The molecule has 1 saturated heterocycles. The zero-order valence-electron chi connectivity index (χ0n) is 10.4. The molecule has 98 valence electrons. The molecule has 3 heterocycles. The molecule has 3 aliphatic rings. The first kappa shape index (κ1) is 10.7. The molecule has 18 heavy (non-hydrogen) atoms. The van der Waals surface area contributed by atoms with E-state index in [-0.39, 0.29) is 23.5 Å². The second-order valence-electron chi connectivity index (χ2n) is 5.98. The largest absolute Gasteiger partial charge is 0.494 e. The van der Waals surface area contributed by atoms with E-state index in [9.17, 15) is 10.2 Å². The van der Waals surface area contributed by atoms with Crippen LogP contribution < -0.4 is 0 Å². The maximum atomic E-state index is 10.1. The van der Waals surface area contributed by atoms with Gasteiger partial charge in [0.2, 0.25) is 0 Å². The molecule has 1 aromatic heterocycles. The number of hydrogen-bond acceptors (Lipinski definition) is 3. The van der Waals surface area contributed by atoms with Gasteiger partial charge in [-0.3, -0.25) is 4.98 Å². The molecule has 0 aromatic carbocycles. The lowest BCUT2D eigenvalue weighted by Crippen LogP contribution is -2.34. The van der Waals surface area contributed by atoms with Crippen LogP contribution in [0.15, 0.2) is 0 Å². The van der Waals surface area contributed by atoms with Crippen molar-refractivity contribution in [2.45, 2.75) is 56.7 Å². The second-order valence-corrected chi connectivity index (χ2v) is 5.98. The average molecular weight is 249 g/mol. The van der Waals surface area contributed by atoms with Crippen LogP contribution in [0.4, 0.5) is 0 Å². The molecule has 3 N–H and O–H groups in total. The molecule has 2 bridgehead atoms. The Hall–Kier alpha value is -1.16. The van der Waals surface area contributed by atoms with Crippen LogP contribution in [0.5, 0.6) is 11.8 Å². The Balaban J connectivity index is 1.83. The Morgan fingerprint density at radius 3 is 2.61 bits per heavy atom. The number of nitrogens with one attached hydrogen (secondary N) is 1. The van der Waals surface area contributed by atoms with Gasteiger partial charge in [0.15, 0.2) is 11.8 Å². The van der Waals surface area contributed by atoms with Crippen LogP contribution in [0.1, 0.15) is 62.2 Å². The van der Waals surface area contributed by atoms with Gasteiger partial charge >= 0.3 is 0 Å². The van der Waals surface area contributed by atoms with Crippen molar-refractivity contribution in [3.05, 3.63) is 11.1 Å². The van der Waals surface area contributed by atoms with Gasteiger partial charge in [-0.15, -0.1) is 0 Å². The number of aromatic nitrogens is 1. The van der Waals surface area contributed by atoms with Gasteiger partial charge in [-0.25, -0.2) is 0 Å². The molecular weight excluding hydrogens is 230 g/mol. The third-order valence-electron chi connectivity index (χ3n) is 5.14. The molecule has 2 fully saturated rings. The summed E-state index contributed by atoms with van der Waals surface area (Å²) in [6, 6.07) is 0. The fourth-order valence-electron chi connectivity index (χ4n) is 4.41. The molecule has 0 amide bonds. The SMILES string of the molecule is Oc1[nH]c(O)c2c1C1CCC2(C2CCCCC2)O1. The van der Waals surface area contributed by atoms with Crippen molar-refractivity contribution in [2.24, 2.45) is 5.92 Å². The zero-order valence-corrected chi connectivity index (χ0v) is 10.4. The minimum atomic E-state index is -0.317. The Morgan fingerprint density at radius 1 is 1.06 bits per heavy atom. The van der Waals surface area contributed by atoms with E-state index in [0.29, 0.717) is 5.92 Å². The number of fused-ring (bicyclic) bond motifs is 5. The van der Waals surface area contributed by atoms with E-state index in [0.717, 1.165) is 24.0 Å². The van der Waals surface area contributed by atoms with Crippen molar-refractivity contribution in [1.82, 2.24) is 4.98 Å². The summed E-state index contributed by atoms with van der Waals surface area (Å²) in [6.45, 7) is 0. The monoisotopic (exact) mass is 249 g/mol. The predicted octanol–water partition coefficient (Wildman–Crippen LogP) is 3.07. The number of H-pyrrole nitrogens is 1. The smallest absolute Gasteiger partial charge is 0.197 e. The summed E-state index contributed by atoms with van der Waals surface area (Å²) in [7, 11) is 0. The third kappa shape index (κ3) is 1.14. The van der Waals surface area contributed by atoms with Crippen LogP contribution in [0, 0.1) is 5.92 Å². The van der Waals surface area contributed by atoms with E-state index in [1.807, 2.05) is 0 Å². The van der Waals surface area contributed by atoms with Gasteiger partial charge < -0.3 is 14.9 Å². The lowest BCUT2D eigenvalue weighted by Gasteiger charge is -2.37. The Labute approximate surface area is 106 Å². The molecular formula is C14H19NO3. The number of hydrogen-bond donors (Lipinski definition) is 3. The van der Waals surface area contributed by atoms with E-state index in [1.54, 1.807) is 0 Å². The van der Waals surface area contributed by atoms with Gasteiger partial charge in [0.1, 0.15) is 5.60 Å². The molecule has 2 unspecified atom stereocenters. The Bertz CT molecular complexity index is 489. The summed E-state index contributed by atoms with van der Waals surface area (Å²) in [5.41, 5.74) is 1.37. The van der Waals surface area contributed by atoms with E-state index in [4.69, 9.17) is 4.74 Å². The number of ether oxygens (including phenoxy) is 1. The summed E-state index contributed by atoms with van der Waals surface area (Å²) in [5.74, 6) is 0.721. The molecule has 1 saturated carbocycles. The maximum Gasteiger partial charge on any atom is 0.197 e. The van der Waals surface area contributed by atoms with Crippen molar-refractivity contribution >= 4 is 0 Å². The van der Waals surface area contributed by atoms with E-state index < -0.39 is 0 Å². The van der Waals surface area contributed by atoms with Crippen molar-refractivity contribution in [1.29, 1.82) is 0 Å². The molecule has 1 aliphatic carbocycles. The van der Waals surface area contributed by atoms with Crippen LogP contribution >= 0.6 is 0 Å². The zero-order chi connectivity index (χ0) is 12.3. The Kier molecular flexibility index (Phi) is 2.05. The van der Waals surface area contributed by atoms with Crippen LogP contribution in [0.3, 0.4) is 0 Å². The molecule has 4 heteroatoms. The lowest BCUT2D eigenvalue weighted by molar-refractivity contribution is -0.0761. The van der Waals surface area contributed by atoms with Crippen LogP contribution in [0.25, 0.3) is 0 Å². The summed E-state index contributed by atoms with van der Waals surface area (Å²) < 4.78 is 6.23. The van der Waals surface area contributed by atoms with Gasteiger partial charge in [0, 0.05) is 0 Å². The standard InChI is InChI=1S/C14H19NO3/c16-12-10-9-6-7-14(18-9,11(10)13(17)15-12)8-4-2-1-3-5-8/h8-9,15-17H,1-7H2. The van der Waals surface area contributed by atoms with Crippen molar-refractivity contribution < 1.29 is 14.9 Å². The van der Waals surface area contributed by atoms with E-state index >= 15 is 0 Å². The summed E-state index contributed by atoms with van der Waals surface area (Å²) in [4.78, 5) is 2.67. The minimum Gasteiger partial charge on any atom is -0.494 e. The van der Waals surface area contributed by atoms with E-state index in [1.165, 1.54) is 32.1 Å². The normalized spacial score (nSPS) is 35.0. The van der Waals surface area contributed by atoms with Crippen molar-refractivity contribution in [3.63, 3.8) is 0 Å². The minimum absolute atomic E-state index is 0.0147. The van der Waals surface area contributed by atoms with Crippen LogP contribution in [0.2, 0.25) is 0 Å². The first-order chi connectivity index (χ1) is 8.72. The van der Waals surface area contributed by atoms with Gasteiger partial charge in [-0.05, 0) is 31.6 Å². The predicted molar refractivity (Wildman–Crippen MR) is 65.4 cm³/mol. The topological polar surface area (TPSA) is 65.5 Å². The number of rotatable bonds is 1. The number of aromatic hydroxyl groups is 2. The summed E-state index contributed by atoms with van der Waals surface area (Å²) in [5, 5.41) is 20.0. The Morgan fingerprint density at radius 2 is 1.83 bits per heavy atom. The fourth-order valence-corrected chi connectivity index (χ4v) is 4.41. The first-order valence-corrected chi connectivity index (χ1v) is 7.04. The lowest BCUT2D eigenvalue weighted by atomic mass is 9.70. The molecule has 0 radical (unpaired) electrons. The molecule has 4 rings (SSSR count). The van der Waals surface area contributed by atoms with Crippen molar-refractivity contribution in [3.8, 4) is 11.8 Å². The third-order valence-corrected chi connectivity index (χ3v) is 5.14. The highest BCUT2D eigenvalue weighted by Crippen LogP contribution is 2.64. The second kappa shape index (κ2) is 3.44. The first-order valence-electron chi connectivity index (χ1n) is 7.04. The molecule has 0 spiro atoms. The highest BCUT2D eigenvalue weighted by Gasteiger charge is 2.58. The highest BCUT2D eigenvalue weighted by atomic mass is 16.5. The summed E-state index contributed by atoms with van der Waals surface area (Å²) in [6.07, 6.45) is 8.12. The molecule has 1 aromatic rings. The van der Waals surface area contributed by atoms with Crippen LogP contribution in [-0.2, 0) is 10.3 Å². The highest BCUT2D eigenvalue weighted by molar-refractivity contribution is 5.53. The van der Waals surface area contributed by atoms with Gasteiger partial charge in [-0.1, -0.05) is 19.3 Å². The van der Waals surface area contributed by atoms with Gasteiger partial charge in [0.25, 0.3) is 0 Å². The van der Waals surface area contributed by atoms with Crippen LogP contribution in [-0.4, -0.2) is 15.2 Å². The number of aromatic amines is 1. The maximum absolute atomic E-state index is 10.1. The molecule has 2 atom stereocenters. The average Bonchev–Trinajstić information content (AvgIpc) is 3.03. The van der Waals surface area contributed by atoms with Gasteiger partial charge in [0.05, 0.1) is 17.2 Å². The van der Waals surface area contributed by atoms with Crippen molar-refractivity contribution in [2.75, 3.05) is 0 Å². The van der Waals surface area contributed by atoms with Gasteiger partial charge in [-0.2, -0.15) is 0 Å². The molecule has 2 aliphatic heterocycles. The van der Waals surface area contributed by atoms with E-state index in [2.05, 4.69) is 4.98 Å². The molecule has 4 nitrogen and oxygen atoms in total. The summed E-state index contributed by atoms with van der Waals surface area (Å²) >= 11 is 0.